The highest BCUT2D eigenvalue weighted by Crippen LogP contribution is 2.14. The summed E-state index contributed by atoms with van der Waals surface area (Å²) in [6.07, 6.45) is 3.08. The molecular weight excluding hydrogens is 238 g/mol. The Labute approximate surface area is 115 Å². The fourth-order valence-corrected chi connectivity index (χ4v) is 2.49. The van der Waals surface area contributed by atoms with Gasteiger partial charge in [-0.3, -0.25) is 9.78 Å². The molecule has 0 aliphatic carbocycles. The summed E-state index contributed by atoms with van der Waals surface area (Å²) in [5.41, 5.74) is 1.98. The molecule has 0 radical (unpaired) electrons. The average Bonchev–Trinajstić information content (AvgIpc) is 2.40. The normalized spacial score (nSPS) is 19.8. The molecule has 1 N–H and O–H groups in total. The number of hydrogen-bond acceptors (Lipinski definition) is 3. The Hall–Kier alpha value is -1.42. The van der Waals surface area contributed by atoms with Gasteiger partial charge in [-0.1, -0.05) is 13.0 Å². The first-order valence-electron chi connectivity index (χ1n) is 7.15. The number of aryl methyl sites for hydroxylation is 1. The summed E-state index contributed by atoms with van der Waals surface area (Å²) < 4.78 is 0. The third kappa shape index (κ3) is 3.77. The van der Waals surface area contributed by atoms with Crippen LogP contribution in [0.15, 0.2) is 18.2 Å². The minimum atomic E-state index is -0.00138. The second kappa shape index (κ2) is 6.66. The Morgan fingerprint density at radius 2 is 2.32 bits per heavy atom. The smallest absolute Gasteiger partial charge is 0.240 e. The van der Waals surface area contributed by atoms with Crippen LogP contribution >= 0.6 is 0 Å². The summed E-state index contributed by atoms with van der Waals surface area (Å²) in [5, 5.41) is 3.34. The van der Waals surface area contributed by atoms with Gasteiger partial charge >= 0.3 is 0 Å². The van der Waals surface area contributed by atoms with Crippen molar-refractivity contribution in [2.45, 2.75) is 45.7 Å². The van der Waals surface area contributed by atoms with Crippen LogP contribution in [-0.2, 0) is 11.3 Å². The first kappa shape index (κ1) is 14.0. The Bertz CT molecular complexity index is 433. The number of carbonyl (C=O) groups is 1. The predicted molar refractivity (Wildman–Crippen MR) is 75.7 cm³/mol. The maximum Gasteiger partial charge on any atom is 0.240 e. The molecule has 0 aromatic carbocycles. The minimum Gasteiger partial charge on any atom is -0.335 e. The molecule has 1 saturated heterocycles. The van der Waals surface area contributed by atoms with Crippen LogP contribution in [0.25, 0.3) is 0 Å². The van der Waals surface area contributed by atoms with Gasteiger partial charge in [0.1, 0.15) is 0 Å². The number of rotatable bonds is 5. The molecule has 1 fully saturated rings. The highest BCUT2D eigenvalue weighted by atomic mass is 16.2. The van der Waals surface area contributed by atoms with Crippen molar-refractivity contribution in [3.63, 3.8) is 0 Å². The summed E-state index contributed by atoms with van der Waals surface area (Å²) in [6, 6.07) is 5.97. The van der Waals surface area contributed by atoms with Crippen LogP contribution in [0.1, 0.15) is 37.6 Å². The maximum atomic E-state index is 12.4. The van der Waals surface area contributed by atoms with Gasteiger partial charge in [0.25, 0.3) is 0 Å². The molecule has 1 aliphatic heterocycles. The Morgan fingerprint density at radius 1 is 1.47 bits per heavy atom. The molecule has 1 aromatic heterocycles. The van der Waals surface area contributed by atoms with Crippen molar-refractivity contribution in [1.29, 1.82) is 0 Å². The summed E-state index contributed by atoms with van der Waals surface area (Å²) in [5.74, 6) is 0.225. The predicted octanol–water partition coefficient (Wildman–Crippen LogP) is 1.88. The molecule has 1 amide bonds. The van der Waals surface area contributed by atoms with Gasteiger partial charge in [-0.25, -0.2) is 0 Å². The molecule has 1 aromatic rings. The van der Waals surface area contributed by atoms with E-state index < -0.39 is 0 Å². The molecule has 104 valence electrons. The molecule has 0 spiro atoms. The lowest BCUT2D eigenvalue weighted by molar-refractivity contribution is -0.136. The van der Waals surface area contributed by atoms with Crippen molar-refractivity contribution >= 4 is 5.91 Å². The quantitative estimate of drug-likeness (QED) is 0.880. The standard InChI is InChI=1S/C15H23N3O/c1-3-9-16-14-8-5-10-18(15(14)19)11-13-7-4-6-12(2)17-13/h4,6-7,14,16H,3,5,8-11H2,1-2H3. The van der Waals surface area contributed by atoms with E-state index >= 15 is 0 Å². The highest BCUT2D eigenvalue weighted by molar-refractivity contribution is 5.82. The van der Waals surface area contributed by atoms with Crippen molar-refractivity contribution in [2.24, 2.45) is 0 Å². The van der Waals surface area contributed by atoms with Gasteiger partial charge in [0, 0.05) is 12.2 Å². The van der Waals surface area contributed by atoms with Crippen molar-refractivity contribution in [2.75, 3.05) is 13.1 Å². The van der Waals surface area contributed by atoms with Crippen molar-refractivity contribution in [1.82, 2.24) is 15.2 Å². The fourth-order valence-electron chi connectivity index (χ4n) is 2.49. The number of hydrogen-bond donors (Lipinski definition) is 1. The summed E-state index contributed by atoms with van der Waals surface area (Å²) >= 11 is 0. The average molecular weight is 261 g/mol. The van der Waals surface area contributed by atoms with E-state index in [1.807, 2.05) is 30.0 Å². The Morgan fingerprint density at radius 3 is 3.05 bits per heavy atom. The van der Waals surface area contributed by atoms with E-state index in [0.717, 1.165) is 43.7 Å². The second-order valence-corrected chi connectivity index (χ2v) is 5.18. The lowest BCUT2D eigenvalue weighted by atomic mass is 10.0. The van der Waals surface area contributed by atoms with Gasteiger partial charge in [-0.15, -0.1) is 0 Å². The van der Waals surface area contributed by atoms with E-state index in [0.29, 0.717) is 6.54 Å². The number of carbonyl (C=O) groups excluding carboxylic acids is 1. The van der Waals surface area contributed by atoms with Gasteiger partial charge in [0.2, 0.25) is 5.91 Å². The van der Waals surface area contributed by atoms with Crippen LogP contribution in [0.2, 0.25) is 0 Å². The van der Waals surface area contributed by atoms with Crippen molar-refractivity contribution < 1.29 is 4.79 Å². The van der Waals surface area contributed by atoms with Crippen molar-refractivity contribution in [3.05, 3.63) is 29.6 Å². The molecule has 2 rings (SSSR count). The number of aromatic nitrogens is 1. The molecule has 4 heteroatoms. The van der Waals surface area contributed by atoms with Gasteiger partial charge in [-0.05, 0) is 44.9 Å². The first-order chi connectivity index (χ1) is 9.20. The molecule has 2 heterocycles. The largest absolute Gasteiger partial charge is 0.335 e. The molecule has 1 unspecified atom stereocenters. The lowest BCUT2D eigenvalue weighted by Crippen LogP contribution is -2.50. The molecule has 1 atom stereocenters. The van der Waals surface area contributed by atoms with Crippen molar-refractivity contribution in [3.8, 4) is 0 Å². The van der Waals surface area contributed by atoms with E-state index in [1.54, 1.807) is 0 Å². The molecule has 4 nitrogen and oxygen atoms in total. The van der Waals surface area contributed by atoms with Crippen LogP contribution in [0, 0.1) is 6.92 Å². The van der Waals surface area contributed by atoms with Gasteiger partial charge in [-0.2, -0.15) is 0 Å². The fraction of sp³-hybridized carbons (Fsp3) is 0.600. The summed E-state index contributed by atoms with van der Waals surface area (Å²) in [4.78, 5) is 18.8. The van der Waals surface area contributed by atoms with Crippen LogP contribution in [0.4, 0.5) is 0 Å². The lowest BCUT2D eigenvalue weighted by Gasteiger charge is -2.32. The summed E-state index contributed by atoms with van der Waals surface area (Å²) in [7, 11) is 0. The molecule has 0 bridgehead atoms. The number of piperidine rings is 1. The maximum absolute atomic E-state index is 12.4. The third-order valence-corrected chi connectivity index (χ3v) is 3.47. The van der Waals surface area contributed by atoms with Crippen LogP contribution in [-0.4, -0.2) is 34.9 Å². The third-order valence-electron chi connectivity index (χ3n) is 3.47. The van der Waals surface area contributed by atoms with Gasteiger partial charge < -0.3 is 10.2 Å². The van der Waals surface area contributed by atoms with E-state index in [9.17, 15) is 4.79 Å². The van der Waals surface area contributed by atoms with Crippen LogP contribution in [0.5, 0.6) is 0 Å². The number of nitrogens with one attached hydrogen (secondary N) is 1. The molecule has 1 aliphatic rings. The zero-order valence-electron chi connectivity index (χ0n) is 11.9. The van der Waals surface area contributed by atoms with Crippen LogP contribution < -0.4 is 5.32 Å². The first-order valence-corrected chi connectivity index (χ1v) is 7.15. The zero-order chi connectivity index (χ0) is 13.7. The highest BCUT2D eigenvalue weighted by Gasteiger charge is 2.28. The van der Waals surface area contributed by atoms with Gasteiger partial charge in [0.15, 0.2) is 0 Å². The second-order valence-electron chi connectivity index (χ2n) is 5.18. The SMILES string of the molecule is CCCNC1CCCN(Cc2cccc(C)n2)C1=O. The molecular formula is C15H23N3O. The number of likely N-dealkylation sites (tertiary alicyclic amines) is 1. The molecule has 19 heavy (non-hydrogen) atoms. The zero-order valence-corrected chi connectivity index (χ0v) is 11.9. The van der Waals surface area contributed by atoms with Crippen LogP contribution in [0.3, 0.4) is 0 Å². The van der Waals surface area contributed by atoms with E-state index in [1.165, 1.54) is 0 Å². The van der Waals surface area contributed by atoms with E-state index in [4.69, 9.17) is 0 Å². The number of amides is 1. The van der Waals surface area contributed by atoms with E-state index in [2.05, 4.69) is 17.2 Å². The number of nitrogens with zero attached hydrogens (tertiary/aromatic N) is 2. The van der Waals surface area contributed by atoms with E-state index in [-0.39, 0.29) is 11.9 Å². The monoisotopic (exact) mass is 261 g/mol. The molecule has 0 saturated carbocycles. The Balaban J connectivity index is 1.97. The minimum absolute atomic E-state index is 0.00138. The Kier molecular flexibility index (Phi) is 4.91. The topological polar surface area (TPSA) is 45.2 Å². The number of pyridine rings is 1. The summed E-state index contributed by atoms with van der Waals surface area (Å²) in [6.45, 7) is 6.48. The van der Waals surface area contributed by atoms with Gasteiger partial charge in [0.05, 0.1) is 18.3 Å².